The van der Waals surface area contributed by atoms with E-state index in [1.807, 2.05) is 30.3 Å². The first-order valence-corrected chi connectivity index (χ1v) is 10.5. The molecule has 32 heavy (non-hydrogen) atoms. The van der Waals surface area contributed by atoms with E-state index in [1.54, 1.807) is 42.2 Å². The Hall–Kier alpha value is -4.07. The van der Waals surface area contributed by atoms with Gasteiger partial charge < -0.3 is 14.6 Å². The number of fused-ring (bicyclic) bond motifs is 1. The number of aromatic nitrogens is 2. The largest absolute Gasteiger partial charge is 0.444 e. The summed E-state index contributed by atoms with van der Waals surface area (Å²) in [6.45, 7) is 2.70. The molecule has 1 unspecified atom stereocenters. The van der Waals surface area contributed by atoms with Crippen molar-refractivity contribution in [3.05, 3.63) is 92.8 Å². The summed E-state index contributed by atoms with van der Waals surface area (Å²) in [6.07, 6.45) is 0.792. The Kier molecular flexibility index (Phi) is 4.89. The van der Waals surface area contributed by atoms with Gasteiger partial charge in [-0.1, -0.05) is 36.4 Å². The van der Waals surface area contributed by atoms with Crippen LogP contribution in [-0.2, 0) is 0 Å². The summed E-state index contributed by atoms with van der Waals surface area (Å²) >= 11 is 0. The third kappa shape index (κ3) is 3.39. The molecule has 1 atom stereocenters. The lowest BCUT2D eigenvalue weighted by Gasteiger charge is -2.17. The third-order valence-electron chi connectivity index (χ3n) is 5.77. The predicted octanol–water partition coefficient (Wildman–Crippen LogP) is 2.91. The van der Waals surface area contributed by atoms with E-state index in [9.17, 15) is 14.4 Å². The van der Waals surface area contributed by atoms with Gasteiger partial charge in [-0.05, 0) is 37.6 Å². The maximum atomic E-state index is 13.4. The number of carbonyl (C=O) groups excluding carboxylic acids is 1. The van der Waals surface area contributed by atoms with Crippen molar-refractivity contribution in [2.75, 3.05) is 18.4 Å². The Morgan fingerprint density at radius 3 is 2.47 bits per heavy atom. The molecule has 0 aliphatic carbocycles. The summed E-state index contributed by atoms with van der Waals surface area (Å²) < 4.78 is 6.65. The minimum Gasteiger partial charge on any atom is -0.444 e. The lowest BCUT2D eigenvalue weighted by Crippen LogP contribution is -2.35. The third-order valence-corrected chi connectivity index (χ3v) is 5.77. The number of furan rings is 1. The van der Waals surface area contributed by atoms with Crippen LogP contribution in [0.1, 0.15) is 22.5 Å². The van der Waals surface area contributed by atoms with Crippen molar-refractivity contribution < 1.29 is 9.21 Å². The van der Waals surface area contributed by atoms with E-state index in [0.717, 1.165) is 16.7 Å². The van der Waals surface area contributed by atoms with E-state index < -0.39 is 11.2 Å². The Balaban J connectivity index is 1.50. The SMILES string of the molecule is Cc1oc2[nH]c(=O)n(-c3ccccc3)c(=O)c2c1C(=O)N1CCC(Nc2ccccc2)C1. The zero-order valence-corrected chi connectivity index (χ0v) is 17.5. The summed E-state index contributed by atoms with van der Waals surface area (Å²) in [5, 5.41) is 3.53. The summed E-state index contributed by atoms with van der Waals surface area (Å²) in [5.41, 5.74) is 0.451. The van der Waals surface area contributed by atoms with Crippen LogP contribution in [0.3, 0.4) is 0 Å². The van der Waals surface area contributed by atoms with Crippen LogP contribution < -0.4 is 16.6 Å². The molecule has 1 fully saturated rings. The normalized spacial score (nSPS) is 15.9. The van der Waals surface area contributed by atoms with Gasteiger partial charge in [0.1, 0.15) is 11.1 Å². The van der Waals surface area contributed by atoms with E-state index in [4.69, 9.17) is 4.42 Å². The number of nitrogens with zero attached hydrogens (tertiary/aromatic N) is 2. The van der Waals surface area contributed by atoms with Gasteiger partial charge >= 0.3 is 5.69 Å². The van der Waals surface area contributed by atoms with Crippen LogP contribution >= 0.6 is 0 Å². The first-order valence-electron chi connectivity index (χ1n) is 10.5. The highest BCUT2D eigenvalue weighted by Crippen LogP contribution is 2.25. The van der Waals surface area contributed by atoms with E-state index in [1.165, 1.54) is 0 Å². The van der Waals surface area contributed by atoms with Gasteiger partial charge in [-0.25, -0.2) is 9.36 Å². The van der Waals surface area contributed by atoms with Crippen LogP contribution in [0.15, 0.2) is 74.7 Å². The van der Waals surface area contributed by atoms with Gasteiger partial charge in [0.25, 0.3) is 11.5 Å². The maximum Gasteiger partial charge on any atom is 0.335 e. The van der Waals surface area contributed by atoms with Crippen molar-refractivity contribution in [2.45, 2.75) is 19.4 Å². The molecule has 0 spiro atoms. The molecular formula is C24H22N4O4. The molecule has 1 amide bonds. The van der Waals surface area contributed by atoms with Crippen molar-refractivity contribution in [1.29, 1.82) is 0 Å². The van der Waals surface area contributed by atoms with Crippen LogP contribution in [0.2, 0.25) is 0 Å². The number of aryl methyl sites for hydroxylation is 1. The number of nitrogens with one attached hydrogen (secondary N) is 2. The second-order valence-corrected chi connectivity index (χ2v) is 7.89. The lowest BCUT2D eigenvalue weighted by atomic mass is 10.1. The fourth-order valence-electron chi connectivity index (χ4n) is 4.25. The quantitative estimate of drug-likeness (QED) is 0.519. The van der Waals surface area contributed by atoms with E-state index in [0.29, 0.717) is 24.5 Å². The molecule has 0 saturated carbocycles. The molecule has 5 rings (SSSR count). The maximum absolute atomic E-state index is 13.4. The van der Waals surface area contributed by atoms with Crippen molar-refractivity contribution in [1.82, 2.24) is 14.5 Å². The Morgan fingerprint density at radius 2 is 1.75 bits per heavy atom. The summed E-state index contributed by atoms with van der Waals surface area (Å²) in [6, 6.07) is 18.6. The Morgan fingerprint density at radius 1 is 1.06 bits per heavy atom. The molecular weight excluding hydrogens is 408 g/mol. The smallest absolute Gasteiger partial charge is 0.335 e. The Labute approximate surface area is 183 Å². The molecule has 3 heterocycles. The molecule has 0 bridgehead atoms. The molecule has 8 nitrogen and oxygen atoms in total. The van der Waals surface area contributed by atoms with Gasteiger partial charge in [0.15, 0.2) is 0 Å². The molecule has 0 radical (unpaired) electrons. The number of hydrogen-bond acceptors (Lipinski definition) is 5. The molecule has 2 N–H and O–H groups in total. The van der Waals surface area contributed by atoms with Crippen molar-refractivity contribution in [2.24, 2.45) is 0 Å². The zero-order chi connectivity index (χ0) is 22.2. The number of carbonyl (C=O) groups is 1. The summed E-state index contributed by atoms with van der Waals surface area (Å²) in [4.78, 5) is 43.6. The van der Waals surface area contributed by atoms with E-state index >= 15 is 0 Å². The number of anilines is 1. The second kappa shape index (κ2) is 7.88. The van der Waals surface area contributed by atoms with Crippen molar-refractivity contribution in [3.63, 3.8) is 0 Å². The highest BCUT2D eigenvalue weighted by Gasteiger charge is 2.32. The number of aromatic amines is 1. The molecule has 4 aromatic rings. The second-order valence-electron chi connectivity index (χ2n) is 7.89. The van der Waals surface area contributed by atoms with Gasteiger partial charge in [-0.15, -0.1) is 0 Å². The van der Waals surface area contributed by atoms with Crippen LogP contribution in [0.5, 0.6) is 0 Å². The number of para-hydroxylation sites is 2. The lowest BCUT2D eigenvalue weighted by molar-refractivity contribution is 0.0791. The minimum atomic E-state index is -0.616. The van der Waals surface area contributed by atoms with E-state index in [-0.39, 0.29) is 28.6 Å². The number of amides is 1. The number of rotatable bonds is 4. The molecule has 2 aromatic heterocycles. The van der Waals surface area contributed by atoms with Gasteiger partial charge in [0.05, 0.1) is 11.3 Å². The number of hydrogen-bond donors (Lipinski definition) is 2. The van der Waals surface area contributed by atoms with Crippen LogP contribution in [0, 0.1) is 6.92 Å². The van der Waals surface area contributed by atoms with Crippen molar-refractivity contribution >= 4 is 22.7 Å². The number of benzene rings is 2. The molecule has 8 heteroatoms. The average Bonchev–Trinajstić information content (AvgIpc) is 3.39. The number of likely N-dealkylation sites (tertiary alicyclic amines) is 1. The molecule has 2 aromatic carbocycles. The van der Waals surface area contributed by atoms with Crippen molar-refractivity contribution in [3.8, 4) is 5.69 Å². The van der Waals surface area contributed by atoms with Gasteiger partial charge in [0.2, 0.25) is 5.71 Å². The zero-order valence-electron chi connectivity index (χ0n) is 17.5. The highest BCUT2D eigenvalue weighted by molar-refractivity contribution is 6.06. The molecule has 1 aliphatic rings. The first kappa shape index (κ1) is 19.9. The van der Waals surface area contributed by atoms with Gasteiger partial charge in [-0.3, -0.25) is 14.6 Å². The number of H-pyrrole nitrogens is 1. The Bertz CT molecular complexity index is 1400. The van der Waals surface area contributed by atoms with Crippen LogP contribution in [-0.4, -0.2) is 39.5 Å². The monoisotopic (exact) mass is 430 g/mol. The summed E-state index contributed by atoms with van der Waals surface area (Å²) in [7, 11) is 0. The molecule has 1 saturated heterocycles. The standard InChI is InChI=1S/C24H22N4O4/c1-15-19(22(29)27-13-12-17(14-27)25-16-8-4-2-5-9-16)20-21(32-15)26-24(31)28(23(20)30)18-10-6-3-7-11-18/h2-11,17,25H,12-14H2,1H3,(H,26,31). The van der Waals surface area contributed by atoms with E-state index in [2.05, 4.69) is 10.3 Å². The molecule has 1 aliphatic heterocycles. The average molecular weight is 430 g/mol. The van der Waals surface area contributed by atoms with Crippen LogP contribution in [0.4, 0.5) is 5.69 Å². The fraction of sp³-hybridized carbons (Fsp3) is 0.208. The minimum absolute atomic E-state index is 0.0196. The molecule has 162 valence electrons. The topological polar surface area (TPSA) is 100 Å². The van der Waals surface area contributed by atoms with Crippen LogP contribution in [0.25, 0.3) is 16.8 Å². The van der Waals surface area contributed by atoms with Gasteiger partial charge in [0, 0.05) is 24.8 Å². The fourth-order valence-corrected chi connectivity index (χ4v) is 4.25. The van der Waals surface area contributed by atoms with Gasteiger partial charge in [-0.2, -0.15) is 0 Å². The predicted molar refractivity (Wildman–Crippen MR) is 122 cm³/mol. The summed E-state index contributed by atoms with van der Waals surface area (Å²) in [5.74, 6) is 0.0328. The highest BCUT2D eigenvalue weighted by atomic mass is 16.3. The first-order chi connectivity index (χ1) is 15.5.